The summed E-state index contributed by atoms with van der Waals surface area (Å²) >= 11 is 0. The van der Waals surface area contributed by atoms with Gasteiger partial charge in [-0.05, 0) is 37.1 Å². The van der Waals surface area contributed by atoms with Gasteiger partial charge in [0.25, 0.3) is 0 Å². The fourth-order valence-electron chi connectivity index (χ4n) is 3.17. The van der Waals surface area contributed by atoms with E-state index in [4.69, 9.17) is 5.11 Å². The highest BCUT2D eigenvalue weighted by molar-refractivity contribution is 5.94. The van der Waals surface area contributed by atoms with Crippen molar-refractivity contribution in [2.24, 2.45) is 0 Å². The smallest absolute Gasteiger partial charge is 0.326 e. The molecule has 1 saturated heterocycles. The van der Waals surface area contributed by atoms with Gasteiger partial charge in [-0.1, -0.05) is 12.1 Å². The summed E-state index contributed by atoms with van der Waals surface area (Å²) in [5.74, 6) is -4.78. The van der Waals surface area contributed by atoms with E-state index in [0.717, 1.165) is 6.42 Å². The molecule has 7 N–H and O–H groups in total. The average Bonchev–Trinajstić information content (AvgIpc) is 3.27. The Bertz CT molecular complexity index is 852. The Morgan fingerprint density at radius 3 is 2.28 bits per heavy atom. The molecule has 0 saturated carbocycles. The summed E-state index contributed by atoms with van der Waals surface area (Å²) in [7, 11) is 0. The van der Waals surface area contributed by atoms with Gasteiger partial charge in [0.2, 0.25) is 17.7 Å². The molecule has 0 aliphatic carbocycles. The van der Waals surface area contributed by atoms with Crippen molar-refractivity contribution in [2.75, 3.05) is 13.1 Å². The molecular weight excluding hydrogens is 424 g/mol. The molecule has 1 fully saturated rings. The van der Waals surface area contributed by atoms with E-state index in [-0.39, 0.29) is 12.2 Å². The summed E-state index contributed by atoms with van der Waals surface area (Å²) in [5.41, 5.74) is 0.560. The Hall–Kier alpha value is -3.67. The van der Waals surface area contributed by atoms with Crippen molar-refractivity contribution >= 4 is 29.7 Å². The van der Waals surface area contributed by atoms with Crippen molar-refractivity contribution in [3.63, 3.8) is 0 Å². The van der Waals surface area contributed by atoms with Crippen LogP contribution in [-0.4, -0.2) is 76.2 Å². The summed E-state index contributed by atoms with van der Waals surface area (Å²) in [6.45, 7) is 0.0365. The summed E-state index contributed by atoms with van der Waals surface area (Å²) in [4.78, 5) is 59.2. The van der Waals surface area contributed by atoms with Gasteiger partial charge in [0.05, 0.1) is 19.0 Å². The van der Waals surface area contributed by atoms with Crippen LogP contribution >= 0.6 is 0 Å². The fourth-order valence-corrected chi connectivity index (χ4v) is 3.17. The third-order valence-electron chi connectivity index (χ3n) is 4.82. The third kappa shape index (κ3) is 7.87. The minimum Gasteiger partial charge on any atom is -0.508 e. The number of carboxylic acid groups (broad SMARTS) is 2. The highest BCUT2D eigenvalue weighted by Crippen LogP contribution is 2.11. The first kappa shape index (κ1) is 24.6. The van der Waals surface area contributed by atoms with E-state index < -0.39 is 60.8 Å². The number of aliphatic carboxylic acids is 2. The molecule has 3 unspecified atom stereocenters. The van der Waals surface area contributed by atoms with Crippen LogP contribution in [0.5, 0.6) is 5.75 Å². The van der Waals surface area contributed by atoms with E-state index in [2.05, 4.69) is 21.3 Å². The second-order valence-electron chi connectivity index (χ2n) is 7.35. The van der Waals surface area contributed by atoms with Crippen LogP contribution in [0.15, 0.2) is 24.3 Å². The fraction of sp³-hybridized carbons (Fsp3) is 0.450. The lowest BCUT2D eigenvalue weighted by Gasteiger charge is -2.20. The minimum absolute atomic E-state index is 0.0130. The maximum atomic E-state index is 12.3. The quantitative estimate of drug-likeness (QED) is 0.206. The lowest BCUT2D eigenvalue weighted by molar-refractivity contribution is -0.142. The van der Waals surface area contributed by atoms with Crippen molar-refractivity contribution in [3.8, 4) is 5.75 Å². The summed E-state index contributed by atoms with van der Waals surface area (Å²) in [6, 6.07) is 2.60. The number of hydrogen-bond acceptors (Lipinski definition) is 7. The third-order valence-corrected chi connectivity index (χ3v) is 4.82. The van der Waals surface area contributed by atoms with E-state index in [1.807, 2.05) is 0 Å². The molecule has 0 bridgehead atoms. The van der Waals surface area contributed by atoms with E-state index in [0.29, 0.717) is 18.5 Å². The molecule has 0 spiro atoms. The topological polar surface area (TPSA) is 194 Å². The highest BCUT2D eigenvalue weighted by atomic mass is 16.4. The number of rotatable bonds is 11. The number of benzene rings is 1. The summed E-state index contributed by atoms with van der Waals surface area (Å²) in [5, 5.41) is 37.4. The zero-order valence-corrected chi connectivity index (χ0v) is 17.2. The van der Waals surface area contributed by atoms with Crippen molar-refractivity contribution in [1.82, 2.24) is 21.3 Å². The van der Waals surface area contributed by atoms with Crippen LogP contribution in [0.2, 0.25) is 0 Å². The molecule has 0 aromatic heterocycles. The normalized spacial score (nSPS) is 17.1. The molecular formula is C20H26N4O8. The summed E-state index contributed by atoms with van der Waals surface area (Å²) in [6.07, 6.45) is 0.613. The Morgan fingerprint density at radius 1 is 1.03 bits per heavy atom. The van der Waals surface area contributed by atoms with Gasteiger partial charge in [-0.3, -0.25) is 19.2 Å². The molecule has 3 amide bonds. The predicted octanol–water partition coefficient (Wildman–Crippen LogP) is -1.67. The van der Waals surface area contributed by atoms with Gasteiger partial charge >= 0.3 is 11.9 Å². The van der Waals surface area contributed by atoms with Crippen LogP contribution in [0.3, 0.4) is 0 Å². The minimum atomic E-state index is -1.39. The maximum absolute atomic E-state index is 12.3. The van der Waals surface area contributed by atoms with E-state index in [1.165, 1.54) is 24.3 Å². The second-order valence-corrected chi connectivity index (χ2v) is 7.35. The highest BCUT2D eigenvalue weighted by Gasteiger charge is 2.29. The first-order valence-electron chi connectivity index (χ1n) is 9.99. The molecule has 3 atom stereocenters. The van der Waals surface area contributed by atoms with E-state index in [9.17, 15) is 34.2 Å². The second kappa shape index (κ2) is 11.6. The molecule has 1 aromatic rings. The zero-order chi connectivity index (χ0) is 23.7. The van der Waals surface area contributed by atoms with Crippen LogP contribution in [0.4, 0.5) is 0 Å². The number of hydrogen-bond donors (Lipinski definition) is 7. The molecule has 2 rings (SSSR count). The van der Waals surface area contributed by atoms with Gasteiger partial charge in [-0.15, -0.1) is 0 Å². The lowest BCUT2D eigenvalue weighted by Crippen LogP contribution is -2.54. The monoisotopic (exact) mass is 450 g/mol. The Kier molecular flexibility index (Phi) is 8.95. The number of carbonyl (C=O) groups is 5. The van der Waals surface area contributed by atoms with Gasteiger partial charge in [0.1, 0.15) is 17.8 Å². The van der Waals surface area contributed by atoms with Gasteiger partial charge in [-0.25, -0.2) is 4.79 Å². The first-order valence-corrected chi connectivity index (χ1v) is 9.99. The SMILES string of the molecule is O=C(O)CC(NC(=O)C1CCCN1)C(=O)NCC(=O)NC(Cc1ccc(O)cc1)C(=O)O. The largest absolute Gasteiger partial charge is 0.508 e. The number of carboxylic acids is 2. The van der Waals surface area contributed by atoms with Gasteiger partial charge in [0.15, 0.2) is 0 Å². The van der Waals surface area contributed by atoms with Crippen molar-refractivity contribution in [3.05, 3.63) is 29.8 Å². The maximum Gasteiger partial charge on any atom is 0.326 e. The number of phenolic OH excluding ortho intramolecular Hbond substituents is 1. The van der Waals surface area contributed by atoms with E-state index in [1.54, 1.807) is 0 Å². The van der Waals surface area contributed by atoms with Crippen LogP contribution < -0.4 is 21.3 Å². The molecule has 1 aromatic carbocycles. The standard InChI is InChI=1S/C20H26N4O8/c25-12-5-3-11(4-6-12)8-15(20(31)32)23-16(26)10-22-18(29)14(9-17(27)28)24-19(30)13-2-1-7-21-13/h3-6,13-15,21,25H,1-2,7-10H2,(H,22,29)(H,23,26)(H,24,30)(H,27,28)(H,31,32). The number of carbonyl (C=O) groups excluding carboxylic acids is 3. The average molecular weight is 450 g/mol. The van der Waals surface area contributed by atoms with Gasteiger partial charge in [-0.2, -0.15) is 0 Å². The van der Waals surface area contributed by atoms with Crippen LogP contribution in [0, 0.1) is 0 Å². The summed E-state index contributed by atoms with van der Waals surface area (Å²) < 4.78 is 0. The molecule has 12 nitrogen and oxygen atoms in total. The Balaban J connectivity index is 1.89. The number of nitrogens with one attached hydrogen (secondary N) is 4. The Labute approximate surface area is 183 Å². The number of amides is 3. The molecule has 0 radical (unpaired) electrons. The van der Waals surface area contributed by atoms with Crippen LogP contribution in [0.1, 0.15) is 24.8 Å². The molecule has 1 heterocycles. The van der Waals surface area contributed by atoms with Crippen LogP contribution in [0.25, 0.3) is 0 Å². The molecule has 174 valence electrons. The Morgan fingerprint density at radius 2 is 1.72 bits per heavy atom. The van der Waals surface area contributed by atoms with Gasteiger partial charge in [0, 0.05) is 6.42 Å². The van der Waals surface area contributed by atoms with Crippen molar-refractivity contribution < 1.29 is 39.3 Å². The van der Waals surface area contributed by atoms with E-state index >= 15 is 0 Å². The van der Waals surface area contributed by atoms with Crippen molar-refractivity contribution in [1.29, 1.82) is 0 Å². The molecule has 1 aliphatic heterocycles. The first-order chi connectivity index (χ1) is 15.2. The molecule has 12 heteroatoms. The lowest BCUT2D eigenvalue weighted by atomic mass is 10.1. The molecule has 32 heavy (non-hydrogen) atoms. The number of aromatic hydroxyl groups is 1. The van der Waals surface area contributed by atoms with Gasteiger partial charge < -0.3 is 36.6 Å². The van der Waals surface area contributed by atoms with Crippen LogP contribution in [-0.2, 0) is 30.4 Å². The zero-order valence-electron chi connectivity index (χ0n) is 17.2. The predicted molar refractivity (Wildman–Crippen MR) is 110 cm³/mol. The van der Waals surface area contributed by atoms with Crippen molar-refractivity contribution in [2.45, 2.75) is 43.8 Å². The number of phenols is 1. The molecule has 1 aliphatic rings.